The zero-order valence-corrected chi connectivity index (χ0v) is 9.16. The lowest BCUT2D eigenvalue weighted by atomic mass is 10.2. The summed E-state index contributed by atoms with van der Waals surface area (Å²) in [5.74, 6) is 0. The molecular formula is C12H20N2. The van der Waals surface area contributed by atoms with Crippen LogP contribution in [0.25, 0.3) is 0 Å². The van der Waals surface area contributed by atoms with Gasteiger partial charge in [0.2, 0.25) is 0 Å². The molecule has 2 heteroatoms. The molecule has 0 aliphatic carbocycles. The maximum Gasteiger partial charge on any atom is 0.0597 e. The monoisotopic (exact) mass is 192 g/mol. The highest BCUT2D eigenvalue weighted by molar-refractivity contribution is 5.66. The molecule has 0 fully saturated rings. The van der Waals surface area contributed by atoms with Gasteiger partial charge in [-0.25, -0.2) is 0 Å². The van der Waals surface area contributed by atoms with Gasteiger partial charge in [-0.15, -0.1) is 0 Å². The number of nitrogens with two attached hydrogens (primary N) is 1. The zero-order valence-electron chi connectivity index (χ0n) is 9.16. The Morgan fingerprint density at radius 1 is 1.21 bits per heavy atom. The van der Waals surface area contributed by atoms with E-state index in [0.29, 0.717) is 0 Å². The summed E-state index contributed by atoms with van der Waals surface area (Å²) < 4.78 is 0. The molecule has 0 amide bonds. The van der Waals surface area contributed by atoms with Gasteiger partial charge in [-0.1, -0.05) is 31.9 Å². The fraction of sp³-hybridized carbons (Fsp3) is 0.500. The van der Waals surface area contributed by atoms with E-state index in [4.69, 9.17) is 5.73 Å². The van der Waals surface area contributed by atoms with Crippen molar-refractivity contribution >= 4 is 11.4 Å². The summed E-state index contributed by atoms with van der Waals surface area (Å²) in [4.78, 5) is 2.23. The fourth-order valence-corrected chi connectivity index (χ4v) is 1.55. The topological polar surface area (TPSA) is 29.3 Å². The molecule has 0 aromatic heterocycles. The Balaban J connectivity index is 2.51. The predicted octanol–water partition coefficient (Wildman–Crippen LogP) is 2.90. The van der Waals surface area contributed by atoms with E-state index >= 15 is 0 Å². The minimum Gasteiger partial charge on any atom is -0.397 e. The Morgan fingerprint density at radius 3 is 2.57 bits per heavy atom. The summed E-state index contributed by atoms with van der Waals surface area (Å²) in [6.45, 7) is 3.30. The van der Waals surface area contributed by atoms with Crippen LogP contribution in [0.2, 0.25) is 0 Å². The summed E-state index contributed by atoms with van der Waals surface area (Å²) in [7, 11) is 2.10. The Kier molecular flexibility index (Phi) is 4.30. The van der Waals surface area contributed by atoms with Crippen LogP contribution in [0, 0.1) is 0 Å². The molecule has 0 aliphatic rings. The van der Waals surface area contributed by atoms with Crippen molar-refractivity contribution in [1.29, 1.82) is 0 Å². The summed E-state index contributed by atoms with van der Waals surface area (Å²) in [6, 6.07) is 8.02. The molecule has 78 valence electrons. The third-order valence-electron chi connectivity index (χ3n) is 2.45. The Hall–Kier alpha value is -1.18. The predicted molar refractivity (Wildman–Crippen MR) is 63.6 cm³/mol. The van der Waals surface area contributed by atoms with Gasteiger partial charge in [0, 0.05) is 13.6 Å². The van der Waals surface area contributed by atoms with Crippen molar-refractivity contribution in [2.24, 2.45) is 0 Å². The molecular weight excluding hydrogens is 172 g/mol. The molecule has 1 aromatic rings. The van der Waals surface area contributed by atoms with E-state index in [2.05, 4.69) is 24.9 Å². The number of para-hydroxylation sites is 2. The van der Waals surface area contributed by atoms with Gasteiger partial charge in [0.15, 0.2) is 0 Å². The van der Waals surface area contributed by atoms with Crippen LogP contribution < -0.4 is 10.6 Å². The minimum atomic E-state index is 0.867. The Bertz CT molecular complexity index is 271. The standard InChI is InChI=1S/C12H20N2/c1-3-4-7-10-14(2)12-9-6-5-8-11(12)13/h5-6,8-9H,3-4,7,10,13H2,1-2H3. The number of rotatable bonds is 5. The number of hydrogen-bond acceptors (Lipinski definition) is 2. The van der Waals surface area contributed by atoms with Gasteiger partial charge in [-0.3, -0.25) is 0 Å². The van der Waals surface area contributed by atoms with E-state index in [-0.39, 0.29) is 0 Å². The number of nitrogen functional groups attached to an aromatic ring is 1. The first-order chi connectivity index (χ1) is 6.75. The molecule has 0 heterocycles. The molecule has 14 heavy (non-hydrogen) atoms. The first kappa shape index (κ1) is 10.9. The van der Waals surface area contributed by atoms with Gasteiger partial charge in [0.1, 0.15) is 0 Å². The molecule has 0 saturated heterocycles. The third kappa shape index (κ3) is 2.95. The molecule has 0 unspecified atom stereocenters. The van der Waals surface area contributed by atoms with Crippen molar-refractivity contribution in [2.45, 2.75) is 26.2 Å². The summed E-state index contributed by atoms with van der Waals surface area (Å²) in [5.41, 5.74) is 7.89. The third-order valence-corrected chi connectivity index (χ3v) is 2.45. The van der Waals surface area contributed by atoms with Crippen LogP contribution in [0.4, 0.5) is 11.4 Å². The molecule has 0 radical (unpaired) electrons. The molecule has 1 aromatic carbocycles. The van der Waals surface area contributed by atoms with Crippen LogP contribution in [0.5, 0.6) is 0 Å². The molecule has 0 bridgehead atoms. The van der Waals surface area contributed by atoms with E-state index < -0.39 is 0 Å². The van der Waals surface area contributed by atoms with Gasteiger partial charge in [0.25, 0.3) is 0 Å². The second kappa shape index (κ2) is 5.53. The van der Waals surface area contributed by atoms with Crippen molar-refractivity contribution in [3.05, 3.63) is 24.3 Å². The number of anilines is 2. The minimum absolute atomic E-state index is 0.867. The molecule has 0 spiro atoms. The van der Waals surface area contributed by atoms with Crippen LogP contribution in [-0.2, 0) is 0 Å². The van der Waals surface area contributed by atoms with Crippen molar-refractivity contribution in [3.63, 3.8) is 0 Å². The average molecular weight is 192 g/mol. The van der Waals surface area contributed by atoms with E-state index in [1.807, 2.05) is 18.2 Å². The lowest BCUT2D eigenvalue weighted by Crippen LogP contribution is -2.19. The quantitative estimate of drug-likeness (QED) is 0.574. The lowest BCUT2D eigenvalue weighted by Gasteiger charge is -2.20. The first-order valence-corrected chi connectivity index (χ1v) is 5.31. The van der Waals surface area contributed by atoms with Crippen LogP contribution >= 0.6 is 0 Å². The van der Waals surface area contributed by atoms with E-state index in [0.717, 1.165) is 17.9 Å². The van der Waals surface area contributed by atoms with Crippen LogP contribution in [0.15, 0.2) is 24.3 Å². The Morgan fingerprint density at radius 2 is 1.93 bits per heavy atom. The van der Waals surface area contributed by atoms with Gasteiger partial charge in [0.05, 0.1) is 11.4 Å². The van der Waals surface area contributed by atoms with Gasteiger partial charge in [-0.2, -0.15) is 0 Å². The number of hydrogen-bond donors (Lipinski definition) is 1. The number of benzene rings is 1. The van der Waals surface area contributed by atoms with E-state index in [1.165, 1.54) is 19.3 Å². The highest BCUT2D eigenvalue weighted by Crippen LogP contribution is 2.21. The van der Waals surface area contributed by atoms with Crippen molar-refractivity contribution in [3.8, 4) is 0 Å². The normalized spacial score (nSPS) is 10.1. The van der Waals surface area contributed by atoms with Crippen molar-refractivity contribution < 1.29 is 0 Å². The smallest absolute Gasteiger partial charge is 0.0597 e. The number of nitrogens with zero attached hydrogens (tertiary/aromatic N) is 1. The fourth-order valence-electron chi connectivity index (χ4n) is 1.55. The second-order valence-electron chi connectivity index (χ2n) is 3.69. The maximum absolute atomic E-state index is 5.88. The molecule has 0 atom stereocenters. The largest absolute Gasteiger partial charge is 0.397 e. The van der Waals surface area contributed by atoms with Gasteiger partial charge in [-0.05, 0) is 18.6 Å². The summed E-state index contributed by atoms with van der Waals surface area (Å²) >= 11 is 0. The molecule has 2 N–H and O–H groups in total. The van der Waals surface area contributed by atoms with Crippen LogP contribution in [0.1, 0.15) is 26.2 Å². The zero-order chi connectivity index (χ0) is 10.4. The van der Waals surface area contributed by atoms with Gasteiger partial charge >= 0.3 is 0 Å². The molecule has 0 aliphatic heterocycles. The van der Waals surface area contributed by atoms with Gasteiger partial charge < -0.3 is 10.6 Å². The van der Waals surface area contributed by atoms with E-state index in [1.54, 1.807) is 0 Å². The van der Waals surface area contributed by atoms with Crippen molar-refractivity contribution in [2.75, 3.05) is 24.2 Å². The summed E-state index contributed by atoms with van der Waals surface area (Å²) in [5, 5.41) is 0. The second-order valence-corrected chi connectivity index (χ2v) is 3.69. The molecule has 2 nitrogen and oxygen atoms in total. The lowest BCUT2D eigenvalue weighted by molar-refractivity contribution is 0.705. The molecule has 1 rings (SSSR count). The van der Waals surface area contributed by atoms with Crippen molar-refractivity contribution in [1.82, 2.24) is 0 Å². The maximum atomic E-state index is 5.88. The highest BCUT2D eigenvalue weighted by Gasteiger charge is 2.02. The highest BCUT2D eigenvalue weighted by atomic mass is 15.1. The molecule has 0 saturated carbocycles. The summed E-state index contributed by atoms with van der Waals surface area (Å²) in [6.07, 6.45) is 3.79. The Labute approximate surface area is 86.7 Å². The van der Waals surface area contributed by atoms with E-state index in [9.17, 15) is 0 Å². The van der Waals surface area contributed by atoms with Crippen LogP contribution in [0.3, 0.4) is 0 Å². The van der Waals surface area contributed by atoms with Crippen LogP contribution in [-0.4, -0.2) is 13.6 Å². The number of unbranched alkanes of at least 4 members (excludes halogenated alkanes) is 2. The SMILES string of the molecule is CCCCCN(C)c1ccccc1N. The average Bonchev–Trinajstić information content (AvgIpc) is 2.18. The first-order valence-electron chi connectivity index (χ1n) is 5.31.